The predicted octanol–water partition coefficient (Wildman–Crippen LogP) is 4.77. The van der Waals surface area contributed by atoms with Gasteiger partial charge in [0.2, 0.25) is 0 Å². The van der Waals surface area contributed by atoms with Crippen LogP contribution in [0.2, 0.25) is 0 Å². The normalized spacial score (nSPS) is 24.7. The van der Waals surface area contributed by atoms with E-state index in [-0.39, 0.29) is 18.0 Å². The van der Waals surface area contributed by atoms with Crippen LogP contribution >= 0.6 is 15.9 Å². The molecule has 0 aromatic heterocycles. The highest BCUT2D eigenvalue weighted by Gasteiger charge is 2.48. The molecule has 2 aliphatic heterocycles. The third kappa shape index (κ3) is 2.78. The lowest BCUT2D eigenvalue weighted by molar-refractivity contribution is -0.128. The van der Waals surface area contributed by atoms with Gasteiger partial charge in [0, 0.05) is 34.1 Å². The van der Waals surface area contributed by atoms with Crippen LogP contribution in [0.15, 0.2) is 46.9 Å². The molecule has 2 heterocycles. The Labute approximate surface area is 162 Å². The molecule has 3 unspecified atom stereocenters. The molecular weight excluding hydrogens is 394 g/mol. The van der Waals surface area contributed by atoms with Crippen molar-refractivity contribution in [2.45, 2.75) is 31.3 Å². The predicted molar refractivity (Wildman–Crippen MR) is 105 cm³/mol. The van der Waals surface area contributed by atoms with E-state index in [0.717, 1.165) is 34.3 Å². The van der Waals surface area contributed by atoms with Crippen molar-refractivity contribution in [2.75, 3.05) is 19.1 Å². The van der Waals surface area contributed by atoms with Crippen LogP contribution in [0.25, 0.3) is 0 Å². The van der Waals surface area contributed by atoms with E-state index >= 15 is 0 Å². The van der Waals surface area contributed by atoms with Gasteiger partial charge in [-0.2, -0.15) is 0 Å². The third-order valence-corrected chi connectivity index (χ3v) is 6.14. The van der Waals surface area contributed by atoms with E-state index in [0.29, 0.717) is 18.0 Å². The molecule has 0 spiro atoms. The second-order valence-electron chi connectivity index (χ2n) is 6.92. The van der Waals surface area contributed by atoms with Crippen molar-refractivity contribution in [3.05, 3.63) is 52.5 Å². The number of anilines is 1. The van der Waals surface area contributed by atoms with Gasteiger partial charge < -0.3 is 14.4 Å². The van der Waals surface area contributed by atoms with Crippen LogP contribution < -0.4 is 14.4 Å². The molecule has 3 atom stereocenters. The standard InChI is InChI=1S/C21H22BrNO3/c1-25-19-5-3-4-17(21(19)26-2)20-16-11-10-15(12-18(16)24)23(20)14-8-6-13(22)7-9-14/h3-9,15-16,20H,10-12H2,1-2H3. The minimum atomic E-state index is -0.0266. The maximum absolute atomic E-state index is 12.7. The van der Waals surface area contributed by atoms with Crippen LogP contribution in [0.4, 0.5) is 5.69 Å². The summed E-state index contributed by atoms with van der Waals surface area (Å²) in [5.74, 6) is 1.78. The van der Waals surface area contributed by atoms with Crippen LogP contribution in [-0.4, -0.2) is 26.0 Å². The molecule has 2 saturated heterocycles. The van der Waals surface area contributed by atoms with Gasteiger partial charge in [0.15, 0.2) is 11.5 Å². The number of para-hydroxylation sites is 1. The molecule has 26 heavy (non-hydrogen) atoms. The van der Waals surface area contributed by atoms with E-state index in [1.54, 1.807) is 14.2 Å². The molecule has 1 aliphatic carbocycles. The Bertz CT molecular complexity index is 821. The summed E-state index contributed by atoms with van der Waals surface area (Å²) >= 11 is 3.51. The molecule has 1 saturated carbocycles. The van der Waals surface area contributed by atoms with Gasteiger partial charge in [0.05, 0.1) is 20.3 Å². The first kappa shape index (κ1) is 17.4. The molecule has 2 aromatic rings. The summed E-state index contributed by atoms with van der Waals surface area (Å²) in [4.78, 5) is 15.1. The number of ketones is 1. The number of fused-ring (bicyclic) bond motifs is 3. The molecule has 3 fully saturated rings. The molecule has 0 amide bonds. The zero-order valence-corrected chi connectivity index (χ0v) is 16.5. The number of piperidine rings is 2. The molecule has 0 radical (unpaired) electrons. The van der Waals surface area contributed by atoms with Gasteiger partial charge in [-0.15, -0.1) is 0 Å². The summed E-state index contributed by atoms with van der Waals surface area (Å²) in [5.41, 5.74) is 2.17. The van der Waals surface area contributed by atoms with Gasteiger partial charge in [-0.25, -0.2) is 0 Å². The molecule has 4 nitrogen and oxygen atoms in total. The number of rotatable bonds is 4. The summed E-state index contributed by atoms with van der Waals surface area (Å²) < 4.78 is 12.2. The Balaban J connectivity index is 1.85. The van der Waals surface area contributed by atoms with Gasteiger partial charge in [0.25, 0.3) is 0 Å². The monoisotopic (exact) mass is 415 g/mol. The lowest BCUT2D eigenvalue weighted by Crippen LogP contribution is -2.54. The summed E-state index contributed by atoms with van der Waals surface area (Å²) in [6.07, 6.45) is 2.61. The summed E-state index contributed by atoms with van der Waals surface area (Å²) in [6.45, 7) is 0. The van der Waals surface area contributed by atoms with Crippen molar-refractivity contribution >= 4 is 27.4 Å². The van der Waals surface area contributed by atoms with Crippen molar-refractivity contribution in [2.24, 2.45) is 5.92 Å². The second-order valence-corrected chi connectivity index (χ2v) is 7.84. The Morgan fingerprint density at radius 3 is 2.46 bits per heavy atom. The van der Waals surface area contributed by atoms with Gasteiger partial charge in [0.1, 0.15) is 5.78 Å². The maximum Gasteiger partial charge on any atom is 0.166 e. The van der Waals surface area contributed by atoms with Gasteiger partial charge >= 0.3 is 0 Å². The minimum Gasteiger partial charge on any atom is -0.493 e. The smallest absolute Gasteiger partial charge is 0.166 e. The van der Waals surface area contributed by atoms with E-state index in [1.165, 1.54) is 0 Å². The van der Waals surface area contributed by atoms with Crippen molar-refractivity contribution in [3.63, 3.8) is 0 Å². The van der Waals surface area contributed by atoms with Crippen LogP contribution in [0.5, 0.6) is 11.5 Å². The molecule has 5 rings (SSSR count). The average Bonchev–Trinajstić information content (AvgIpc) is 2.67. The number of halogens is 1. The number of carbonyl (C=O) groups is 1. The minimum absolute atomic E-state index is 0.00958. The Morgan fingerprint density at radius 1 is 1.04 bits per heavy atom. The van der Waals surface area contributed by atoms with Crippen molar-refractivity contribution in [3.8, 4) is 11.5 Å². The number of methoxy groups -OCH3 is 2. The number of hydrogen-bond donors (Lipinski definition) is 0. The fraction of sp³-hybridized carbons (Fsp3) is 0.381. The van der Waals surface area contributed by atoms with Gasteiger partial charge in [-0.3, -0.25) is 4.79 Å². The van der Waals surface area contributed by atoms with Crippen molar-refractivity contribution in [1.29, 1.82) is 0 Å². The molecule has 0 N–H and O–H groups in total. The number of Topliss-reactive ketones (excluding diaryl/α,β-unsaturated/α-hetero) is 1. The first-order valence-electron chi connectivity index (χ1n) is 8.91. The van der Waals surface area contributed by atoms with Crippen LogP contribution in [-0.2, 0) is 4.79 Å². The second kappa shape index (κ2) is 6.95. The molecule has 3 aliphatic rings. The van der Waals surface area contributed by atoms with Gasteiger partial charge in [-0.05, 0) is 43.2 Å². The highest BCUT2D eigenvalue weighted by molar-refractivity contribution is 9.10. The first-order valence-corrected chi connectivity index (χ1v) is 9.71. The Kier molecular flexibility index (Phi) is 4.65. The van der Waals surface area contributed by atoms with E-state index < -0.39 is 0 Å². The van der Waals surface area contributed by atoms with E-state index in [2.05, 4.69) is 51.2 Å². The molecule has 2 bridgehead atoms. The lowest BCUT2D eigenvalue weighted by Gasteiger charge is -2.52. The highest BCUT2D eigenvalue weighted by Crippen LogP contribution is 2.51. The van der Waals surface area contributed by atoms with Crippen molar-refractivity contribution in [1.82, 2.24) is 0 Å². The summed E-state index contributed by atoms with van der Waals surface area (Å²) in [7, 11) is 3.31. The van der Waals surface area contributed by atoms with E-state index in [9.17, 15) is 4.79 Å². The average molecular weight is 416 g/mol. The topological polar surface area (TPSA) is 38.8 Å². The fourth-order valence-corrected chi connectivity index (χ4v) is 4.77. The fourth-order valence-electron chi connectivity index (χ4n) is 4.51. The summed E-state index contributed by atoms with van der Waals surface area (Å²) in [6, 6.07) is 14.5. The van der Waals surface area contributed by atoms with Crippen molar-refractivity contribution < 1.29 is 14.3 Å². The largest absolute Gasteiger partial charge is 0.493 e. The number of benzene rings is 2. The van der Waals surface area contributed by atoms with Crippen LogP contribution in [0, 0.1) is 5.92 Å². The number of hydrogen-bond acceptors (Lipinski definition) is 4. The highest BCUT2D eigenvalue weighted by atomic mass is 79.9. The number of ether oxygens (including phenoxy) is 2. The third-order valence-electron chi connectivity index (χ3n) is 5.61. The SMILES string of the molecule is COc1cccc(C2C3CCC(CC3=O)N2c2ccc(Br)cc2)c1OC. The number of carbonyl (C=O) groups excluding carboxylic acids is 1. The zero-order chi connectivity index (χ0) is 18.3. The van der Waals surface area contributed by atoms with E-state index in [4.69, 9.17) is 9.47 Å². The van der Waals surface area contributed by atoms with E-state index in [1.807, 2.05) is 12.1 Å². The number of nitrogens with zero attached hydrogens (tertiary/aromatic N) is 1. The Hall–Kier alpha value is -2.01. The lowest BCUT2D eigenvalue weighted by atomic mass is 9.71. The van der Waals surface area contributed by atoms with Crippen LogP contribution in [0.1, 0.15) is 30.9 Å². The van der Waals surface area contributed by atoms with Gasteiger partial charge in [-0.1, -0.05) is 28.1 Å². The molecular formula is C21H22BrNO3. The van der Waals surface area contributed by atoms with Crippen LogP contribution in [0.3, 0.4) is 0 Å². The Morgan fingerprint density at radius 2 is 1.81 bits per heavy atom. The maximum atomic E-state index is 12.7. The molecule has 5 heteroatoms. The zero-order valence-electron chi connectivity index (χ0n) is 14.9. The molecule has 2 aromatic carbocycles. The summed E-state index contributed by atoms with van der Waals surface area (Å²) in [5, 5.41) is 0. The first-order chi connectivity index (χ1) is 12.6. The quantitative estimate of drug-likeness (QED) is 0.720. The molecule has 136 valence electrons.